The van der Waals surface area contributed by atoms with Crippen LogP contribution in [-0.2, 0) is 32.6 Å². The lowest BCUT2D eigenvalue weighted by molar-refractivity contribution is -0.140. The Labute approximate surface area is 265 Å². The molecule has 1 unspecified atom stereocenters. The maximum absolute atomic E-state index is 14.5. The van der Waals surface area contributed by atoms with E-state index in [0.29, 0.717) is 17.3 Å². The molecular weight excluding hydrogens is 594 g/mol. The van der Waals surface area contributed by atoms with Crippen LogP contribution in [0.5, 0.6) is 0 Å². The molecule has 4 aromatic carbocycles. The Morgan fingerprint density at radius 1 is 0.818 bits per heavy atom. The molecule has 0 aliphatic heterocycles. The van der Waals surface area contributed by atoms with Gasteiger partial charge in [-0.3, -0.25) is 13.9 Å². The number of rotatable bonds is 12. The Hall–Kier alpha value is -4.14. The molecule has 1 atom stereocenters. The number of anilines is 1. The molecule has 4 aromatic rings. The van der Waals surface area contributed by atoms with Crippen LogP contribution in [0.1, 0.15) is 34.7 Å². The number of sulfonamides is 1. The lowest BCUT2D eigenvalue weighted by atomic mass is 10.0. The van der Waals surface area contributed by atoms with Gasteiger partial charge in [0.2, 0.25) is 11.8 Å². The van der Waals surface area contributed by atoms with Gasteiger partial charge in [-0.15, -0.1) is 0 Å². The van der Waals surface area contributed by atoms with Crippen molar-refractivity contribution in [1.29, 1.82) is 0 Å². The maximum atomic E-state index is 14.5. The van der Waals surface area contributed by atoms with Gasteiger partial charge >= 0.3 is 0 Å². The van der Waals surface area contributed by atoms with Crippen LogP contribution in [-0.4, -0.2) is 44.3 Å². The molecular formula is C35H38ClN3O4S. The fraction of sp³-hybridized carbons (Fsp3) is 0.257. The number of nitrogens with zero attached hydrogens (tertiary/aromatic N) is 2. The Kier molecular flexibility index (Phi) is 10.8. The highest BCUT2D eigenvalue weighted by Crippen LogP contribution is 2.28. The van der Waals surface area contributed by atoms with Gasteiger partial charge in [0.1, 0.15) is 12.6 Å². The van der Waals surface area contributed by atoms with Crippen molar-refractivity contribution in [3.05, 3.63) is 130 Å². The molecule has 0 fully saturated rings. The quantitative estimate of drug-likeness (QED) is 0.201. The van der Waals surface area contributed by atoms with Gasteiger partial charge in [0.05, 0.1) is 10.6 Å². The first-order valence-electron chi connectivity index (χ1n) is 14.5. The summed E-state index contributed by atoms with van der Waals surface area (Å²) in [6, 6.07) is 27.4. The Morgan fingerprint density at radius 3 is 2.11 bits per heavy atom. The van der Waals surface area contributed by atoms with Gasteiger partial charge in [-0.25, -0.2) is 8.42 Å². The standard InChI is InChI=1S/C35H38ClN3O4S/c1-5-37-35(41)33(22-28-12-7-6-8-13-28)38(23-29-14-10-9-11-26(29)3)34(40)24-39(31-18-15-25(2)27(4)21-31)44(42,43)32-19-16-30(36)17-20-32/h6-21,33H,5,22-24H2,1-4H3,(H,37,41). The molecule has 9 heteroatoms. The fourth-order valence-corrected chi connectivity index (χ4v) is 6.49. The number of hydrogen-bond donors (Lipinski definition) is 1. The summed E-state index contributed by atoms with van der Waals surface area (Å²) in [6.07, 6.45) is 0.262. The molecule has 7 nitrogen and oxygen atoms in total. The summed E-state index contributed by atoms with van der Waals surface area (Å²) in [5.74, 6) is -0.812. The Balaban J connectivity index is 1.82. The molecule has 0 aliphatic carbocycles. The van der Waals surface area contributed by atoms with Gasteiger partial charge in [0.25, 0.3) is 10.0 Å². The van der Waals surface area contributed by atoms with Crippen molar-refractivity contribution in [3.63, 3.8) is 0 Å². The molecule has 0 spiro atoms. The zero-order valence-corrected chi connectivity index (χ0v) is 27.0. The summed E-state index contributed by atoms with van der Waals surface area (Å²) < 4.78 is 29.4. The van der Waals surface area contributed by atoms with E-state index in [1.165, 1.54) is 29.2 Å². The number of carbonyl (C=O) groups excluding carboxylic acids is 2. The predicted molar refractivity (Wildman–Crippen MR) is 176 cm³/mol. The van der Waals surface area contributed by atoms with Crippen molar-refractivity contribution in [1.82, 2.24) is 10.2 Å². The minimum atomic E-state index is -4.20. The highest BCUT2D eigenvalue weighted by Gasteiger charge is 2.34. The van der Waals surface area contributed by atoms with Crippen molar-refractivity contribution >= 4 is 39.1 Å². The second-order valence-electron chi connectivity index (χ2n) is 10.8. The minimum Gasteiger partial charge on any atom is -0.355 e. The first kappa shape index (κ1) is 32.8. The van der Waals surface area contributed by atoms with E-state index in [2.05, 4.69) is 5.32 Å². The lowest BCUT2D eigenvalue weighted by Gasteiger charge is -2.34. The van der Waals surface area contributed by atoms with Gasteiger partial charge < -0.3 is 10.2 Å². The van der Waals surface area contributed by atoms with Gasteiger partial charge in [0.15, 0.2) is 0 Å². The maximum Gasteiger partial charge on any atom is 0.264 e. The molecule has 0 radical (unpaired) electrons. The number of carbonyl (C=O) groups is 2. The van der Waals surface area contributed by atoms with E-state index in [1.807, 2.05) is 88.4 Å². The number of hydrogen-bond acceptors (Lipinski definition) is 4. The summed E-state index contributed by atoms with van der Waals surface area (Å²) in [5.41, 5.74) is 4.92. The van der Waals surface area contributed by atoms with Crippen molar-refractivity contribution in [3.8, 4) is 0 Å². The average molecular weight is 632 g/mol. The summed E-state index contributed by atoms with van der Waals surface area (Å²) >= 11 is 6.06. The summed E-state index contributed by atoms with van der Waals surface area (Å²) in [6.45, 7) is 7.60. The minimum absolute atomic E-state index is 0.00273. The summed E-state index contributed by atoms with van der Waals surface area (Å²) in [5, 5.41) is 3.28. The van der Waals surface area contributed by atoms with Crippen molar-refractivity contribution < 1.29 is 18.0 Å². The number of aryl methyl sites for hydroxylation is 3. The molecule has 0 saturated heterocycles. The first-order valence-corrected chi connectivity index (χ1v) is 16.3. The van der Waals surface area contributed by atoms with E-state index < -0.39 is 28.5 Å². The van der Waals surface area contributed by atoms with Crippen LogP contribution in [0.2, 0.25) is 5.02 Å². The van der Waals surface area contributed by atoms with Crippen molar-refractivity contribution in [2.75, 3.05) is 17.4 Å². The van der Waals surface area contributed by atoms with Gasteiger partial charge in [0, 0.05) is 24.5 Å². The van der Waals surface area contributed by atoms with E-state index >= 15 is 0 Å². The molecule has 230 valence electrons. The topological polar surface area (TPSA) is 86.8 Å². The van der Waals surface area contributed by atoms with Crippen molar-refractivity contribution in [2.45, 2.75) is 51.6 Å². The van der Waals surface area contributed by atoms with Crippen LogP contribution >= 0.6 is 11.6 Å². The van der Waals surface area contributed by atoms with E-state index in [4.69, 9.17) is 11.6 Å². The van der Waals surface area contributed by atoms with Crippen molar-refractivity contribution in [2.24, 2.45) is 0 Å². The third-order valence-corrected chi connectivity index (χ3v) is 9.72. The van der Waals surface area contributed by atoms with Crippen LogP contribution in [0.4, 0.5) is 5.69 Å². The van der Waals surface area contributed by atoms with E-state index in [-0.39, 0.29) is 23.8 Å². The number of benzene rings is 4. The van der Waals surface area contributed by atoms with Gasteiger partial charge in [-0.2, -0.15) is 0 Å². The molecule has 44 heavy (non-hydrogen) atoms. The Bertz CT molecular complexity index is 1710. The molecule has 0 saturated carbocycles. The van der Waals surface area contributed by atoms with Crippen LogP contribution < -0.4 is 9.62 Å². The summed E-state index contributed by atoms with van der Waals surface area (Å²) in [4.78, 5) is 29.6. The largest absolute Gasteiger partial charge is 0.355 e. The monoisotopic (exact) mass is 631 g/mol. The van der Waals surface area contributed by atoms with E-state index in [9.17, 15) is 18.0 Å². The third kappa shape index (κ3) is 7.87. The molecule has 1 N–H and O–H groups in total. The van der Waals surface area contributed by atoms with Crippen LogP contribution in [0, 0.1) is 20.8 Å². The third-order valence-electron chi connectivity index (χ3n) is 7.68. The molecule has 0 aliphatic rings. The predicted octanol–water partition coefficient (Wildman–Crippen LogP) is 6.24. The van der Waals surface area contributed by atoms with Crippen LogP contribution in [0.3, 0.4) is 0 Å². The number of likely N-dealkylation sites (N-methyl/N-ethyl adjacent to an activating group) is 1. The second kappa shape index (κ2) is 14.6. The first-order chi connectivity index (χ1) is 21.0. The van der Waals surface area contributed by atoms with Gasteiger partial charge in [-0.05, 0) is 91.9 Å². The zero-order valence-electron chi connectivity index (χ0n) is 25.5. The zero-order chi connectivity index (χ0) is 31.9. The average Bonchev–Trinajstić information content (AvgIpc) is 3.00. The SMILES string of the molecule is CCNC(=O)C(Cc1ccccc1)N(Cc1ccccc1C)C(=O)CN(c1ccc(C)c(C)c1)S(=O)(=O)c1ccc(Cl)cc1. The number of halogens is 1. The highest BCUT2D eigenvalue weighted by atomic mass is 35.5. The molecule has 0 aromatic heterocycles. The fourth-order valence-electron chi connectivity index (χ4n) is 4.96. The number of amides is 2. The van der Waals surface area contributed by atoms with E-state index in [0.717, 1.165) is 32.1 Å². The molecule has 0 heterocycles. The van der Waals surface area contributed by atoms with E-state index in [1.54, 1.807) is 12.1 Å². The normalized spacial score (nSPS) is 11.9. The Morgan fingerprint density at radius 2 is 1.48 bits per heavy atom. The summed E-state index contributed by atoms with van der Waals surface area (Å²) in [7, 11) is -4.20. The number of nitrogens with one attached hydrogen (secondary N) is 1. The highest BCUT2D eigenvalue weighted by molar-refractivity contribution is 7.92. The molecule has 0 bridgehead atoms. The second-order valence-corrected chi connectivity index (χ2v) is 13.1. The van der Waals surface area contributed by atoms with Gasteiger partial charge in [-0.1, -0.05) is 72.3 Å². The molecule has 2 amide bonds. The smallest absolute Gasteiger partial charge is 0.264 e. The van der Waals surface area contributed by atoms with Crippen LogP contribution in [0.25, 0.3) is 0 Å². The lowest BCUT2D eigenvalue weighted by Crippen LogP contribution is -2.53. The molecule has 4 rings (SSSR count). The van der Waals surface area contributed by atoms with Crippen LogP contribution in [0.15, 0.2) is 102 Å².